The normalized spacial score (nSPS) is 14.5. The summed E-state index contributed by atoms with van der Waals surface area (Å²) < 4.78 is 16.4. The van der Waals surface area contributed by atoms with Crippen LogP contribution < -0.4 is 10.2 Å². The van der Waals surface area contributed by atoms with Gasteiger partial charge in [0.15, 0.2) is 5.65 Å². The van der Waals surface area contributed by atoms with Crippen molar-refractivity contribution in [2.75, 3.05) is 23.3 Å². The first-order valence-corrected chi connectivity index (χ1v) is 9.11. The molecule has 28 heavy (non-hydrogen) atoms. The van der Waals surface area contributed by atoms with Gasteiger partial charge in [-0.05, 0) is 32.0 Å². The number of nitrogens with zero attached hydrogens (tertiary/aromatic N) is 4. The molecule has 0 aliphatic carbocycles. The van der Waals surface area contributed by atoms with E-state index in [-0.39, 0.29) is 11.3 Å². The second-order valence-corrected chi connectivity index (χ2v) is 6.97. The lowest BCUT2D eigenvalue weighted by molar-refractivity contribution is -0.119. The Kier molecular flexibility index (Phi) is 4.54. The van der Waals surface area contributed by atoms with E-state index in [0.29, 0.717) is 48.8 Å². The number of carbonyl (C=O) groups excluding carboxylic acids is 2. The molecule has 0 saturated carbocycles. The van der Waals surface area contributed by atoms with Gasteiger partial charge in [-0.1, -0.05) is 0 Å². The van der Waals surface area contributed by atoms with Gasteiger partial charge >= 0.3 is 0 Å². The molecule has 0 spiro atoms. The van der Waals surface area contributed by atoms with Gasteiger partial charge < -0.3 is 14.6 Å². The highest BCUT2D eigenvalue weighted by molar-refractivity contribution is 6.04. The van der Waals surface area contributed by atoms with E-state index in [0.717, 1.165) is 5.69 Å². The molecule has 1 amide bonds. The second-order valence-electron chi connectivity index (χ2n) is 6.97. The number of aromatic nitrogens is 3. The molecule has 2 aromatic heterocycles. The van der Waals surface area contributed by atoms with Gasteiger partial charge in [-0.25, -0.2) is 14.4 Å². The Hall–Kier alpha value is -3.29. The van der Waals surface area contributed by atoms with E-state index in [4.69, 9.17) is 0 Å². The van der Waals surface area contributed by atoms with Crippen LogP contribution in [0.1, 0.15) is 34.6 Å². The van der Waals surface area contributed by atoms with Gasteiger partial charge in [-0.2, -0.15) is 0 Å². The van der Waals surface area contributed by atoms with Crippen LogP contribution in [0.5, 0.6) is 0 Å². The lowest BCUT2D eigenvalue weighted by Gasteiger charge is -2.28. The highest BCUT2D eigenvalue weighted by atomic mass is 19.1. The minimum Gasteiger partial charge on any atom is -0.371 e. The smallest absolute Gasteiger partial charge is 0.259 e. The standard InChI is InChI=1S/C20H20FN5O2/c1-12-10-26-11-18(23-13(2)19(26)22-12)24-20(28)16-4-3-14(9-17(16)21)25-7-5-15(27)6-8-25/h3-4,9-11H,5-8H2,1-2H3,(H,24,28). The van der Waals surface area contributed by atoms with E-state index in [1.807, 2.05) is 18.0 Å². The Morgan fingerprint density at radius 3 is 2.61 bits per heavy atom. The van der Waals surface area contributed by atoms with Crippen molar-refractivity contribution in [1.82, 2.24) is 14.4 Å². The number of aryl methyl sites for hydroxylation is 2. The number of anilines is 2. The van der Waals surface area contributed by atoms with Gasteiger partial charge in [-0.15, -0.1) is 0 Å². The molecule has 1 N–H and O–H groups in total. The molecular formula is C20H20FN5O2. The van der Waals surface area contributed by atoms with E-state index in [2.05, 4.69) is 15.3 Å². The van der Waals surface area contributed by atoms with Gasteiger partial charge in [0.1, 0.15) is 17.4 Å². The summed E-state index contributed by atoms with van der Waals surface area (Å²) in [6.45, 7) is 4.81. The maximum absolute atomic E-state index is 14.6. The molecule has 1 aliphatic heterocycles. The molecule has 0 radical (unpaired) electrons. The van der Waals surface area contributed by atoms with Crippen LogP contribution in [0.4, 0.5) is 15.9 Å². The van der Waals surface area contributed by atoms with Crippen molar-refractivity contribution in [3.05, 3.63) is 53.4 Å². The van der Waals surface area contributed by atoms with Crippen LogP contribution in [0, 0.1) is 19.7 Å². The Bertz CT molecular complexity index is 1080. The van der Waals surface area contributed by atoms with Crippen molar-refractivity contribution in [2.45, 2.75) is 26.7 Å². The third-order valence-corrected chi connectivity index (χ3v) is 4.85. The topological polar surface area (TPSA) is 79.6 Å². The largest absolute Gasteiger partial charge is 0.371 e. The Labute approximate surface area is 161 Å². The highest BCUT2D eigenvalue weighted by Crippen LogP contribution is 2.22. The predicted molar refractivity (Wildman–Crippen MR) is 103 cm³/mol. The molecule has 1 saturated heterocycles. The molecule has 3 aromatic rings. The van der Waals surface area contributed by atoms with Crippen molar-refractivity contribution < 1.29 is 14.0 Å². The average Bonchev–Trinajstić information content (AvgIpc) is 3.03. The number of carbonyl (C=O) groups is 2. The third-order valence-electron chi connectivity index (χ3n) is 4.85. The molecule has 1 aromatic carbocycles. The van der Waals surface area contributed by atoms with E-state index in [1.54, 1.807) is 23.6 Å². The zero-order valence-electron chi connectivity index (χ0n) is 15.7. The van der Waals surface area contributed by atoms with Gasteiger partial charge in [0, 0.05) is 37.8 Å². The van der Waals surface area contributed by atoms with Gasteiger partial charge in [0.2, 0.25) is 0 Å². The summed E-state index contributed by atoms with van der Waals surface area (Å²) in [4.78, 5) is 34.6. The van der Waals surface area contributed by atoms with Gasteiger partial charge in [0.05, 0.1) is 23.1 Å². The summed E-state index contributed by atoms with van der Waals surface area (Å²) in [5, 5.41) is 2.65. The zero-order valence-corrected chi connectivity index (χ0v) is 15.7. The van der Waals surface area contributed by atoms with Gasteiger partial charge in [0.25, 0.3) is 5.91 Å². The minimum atomic E-state index is -0.608. The third kappa shape index (κ3) is 3.45. The lowest BCUT2D eigenvalue weighted by Crippen LogP contribution is -2.33. The summed E-state index contributed by atoms with van der Waals surface area (Å²) >= 11 is 0. The highest BCUT2D eigenvalue weighted by Gasteiger charge is 2.19. The predicted octanol–water partition coefficient (Wildman–Crippen LogP) is 2.91. The maximum Gasteiger partial charge on any atom is 0.259 e. The number of halogens is 1. The molecule has 3 heterocycles. The van der Waals surface area contributed by atoms with Crippen molar-refractivity contribution >= 4 is 28.8 Å². The first-order valence-electron chi connectivity index (χ1n) is 9.11. The fourth-order valence-corrected chi connectivity index (χ4v) is 3.42. The molecule has 0 bridgehead atoms. The summed E-state index contributed by atoms with van der Waals surface area (Å²) in [5.41, 5.74) is 2.84. The Morgan fingerprint density at radius 1 is 1.14 bits per heavy atom. The van der Waals surface area contributed by atoms with Crippen LogP contribution in [-0.4, -0.2) is 39.1 Å². The summed E-state index contributed by atoms with van der Waals surface area (Å²) in [5.74, 6) is -0.630. The van der Waals surface area contributed by atoms with Gasteiger partial charge in [-0.3, -0.25) is 9.59 Å². The van der Waals surface area contributed by atoms with Crippen molar-refractivity contribution in [1.29, 1.82) is 0 Å². The number of nitrogens with one attached hydrogen (secondary N) is 1. The van der Waals surface area contributed by atoms with E-state index in [9.17, 15) is 14.0 Å². The average molecular weight is 381 g/mol. The molecule has 1 aliphatic rings. The van der Waals surface area contributed by atoms with Crippen LogP contribution in [-0.2, 0) is 4.79 Å². The van der Waals surface area contributed by atoms with Crippen LogP contribution in [0.15, 0.2) is 30.6 Å². The summed E-state index contributed by atoms with van der Waals surface area (Å²) in [6, 6.07) is 4.50. The molecular weight excluding hydrogens is 361 g/mol. The molecule has 0 atom stereocenters. The zero-order chi connectivity index (χ0) is 19.8. The van der Waals surface area contributed by atoms with Crippen LogP contribution in [0.3, 0.4) is 0 Å². The summed E-state index contributed by atoms with van der Waals surface area (Å²) in [7, 11) is 0. The number of hydrogen-bond donors (Lipinski definition) is 1. The van der Waals surface area contributed by atoms with Crippen LogP contribution in [0.25, 0.3) is 5.65 Å². The van der Waals surface area contributed by atoms with E-state index < -0.39 is 11.7 Å². The molecule has 144 valence electrons. The van der Waals surface area contributed by atoms with Crippen LogP contribution >= 0.6 is 0 Å². The van der Waals surface area contributed by atoms with Crippen molar-refractivity contribution in [3.8, 4) is 0 Å². The molecule has 8 heteroatoms. The van der Waals surface area contributed by atoms with Crippen molar-refractivity contribution in [3.63, 3.8) is 0 Å². The number of imidazole rings is 1. The number of fused-ring (bicyclic) bond motifs is 1. The number of Topliss-reactive ketones (excluding diaryl/α,β-unsaturated/α-hetero) is 1. The molecule has 1 fully saturated rings. The molecule has 0 unspecified atom stereocenters. The molecule has 4 rings (SSSR count). The number of amides is 1. The van der Waals surface area contributed by atoms with Crippen LogP contribution in [0.2, 0.25) is 0 Å². The number of benzene rings is 1. The SMILES string of the molecule is Cc1cn2cc(NC(=O)c3ccc(N4CCC(=O)CC4)cc3F)nc(C)c2n1. The number of rotatable bonds is 3. The van der Waals surface area contributed by atoms with E-state index >= 15 is 0 Å². The quantitative estimate of drug-likeness (QED) is 0.755. The Morgan fingerprint density at radius 2 is 1.89 bits per heavy atom. The lowest BCUT2D eigenvalue weighted by atomic mass is 10.1. The first kappa shape index (κ1) is 18.1. The van der Waals surface area contributed by atoms with Crippen molar-refractivity contribution in [2.24, 2.45) is 0 Å². The Balaban J connectivity index is 1.54. The minimum absolute atomic E-state index is 0.0572. The first-order chi connectivity index (χ1) is 13.4. The molecule has 7 nitrogen and oxygen atoms in total. The fraction of sp³-hybridized carbons (Fsp3) is 0.300. The monoisotopic (exact) mass is 381 g/mol. The van der Waals surface area contributed by atoms with E-state index in [1.165, 1.54) is 12.1 Å². The number of ketones is 1. The second kappa shape index (κ2) is 7.03. The summed E-state index contributed by atoms with van der Waals surface area (Å²) in [6.07, 6.45) is 4.41. The number of piperidine rings is 1. The number of hydrogen-bond acceptors (Lipinski definition) is 5. The fourth-order valence-electron chi connectivity index (χ4n) is 3.42. The maximum atomic E-state index is 14.6.